The average Bonchev–Trinajstić information content (AvgIpc) is 0.722. The Labute approximate surface area is 44.0 Å². The first kappa shape index (κ1) is 5.83. The number of rotatable bonds is 0. The quantitative estimate of drug-likeness (QED) is 0.457. The molecule has 0 aliphatic heterocycles. The van der Waals surface area contributed by atoms with Crippen LogP contribution in [0.5, 0.6) is 0 Å². The number of hydrogen-bond acceptors (Lipinski definition) is 2. The van der Waals surface area contributed by atoms with Gasteiger partial charge in [-0.2, -0.15) is 0 Å². The Morgan fingerprint density at radius 1 is 1.60 bits per heavy atom. The summed E-state index contributed by atoms with van der Waals surface area (Å²) in [7, 11) is 0. The van der Waals surface area contributed by atoms with E-state index in [-0.39, 0.29) is 24.3 Å². The molecule has 0 aliphatic carbocycles. The van der Waals surface area contributed by atoms with Gasteiger partial charge in [0.2, 0.25) is 0 Å². The van der Waals surface area contributed by atoms with E-state index < -0.39 is 6.67 Å². The molecule has 1 N–H and O–H groups in total. The second kappa shape index (κ2) is 1.52. The predicted octanol–water partition coefficient (Wildman–Crippen LogP) is -1.04. The van der Waals surface area contributed by atoms with Crippen LogP contribution in [-0.4, -0.2) is 37.2 Å². The van der Waals surface area contributed by atoms with E-state index in [1.807, 2.05) is 0 Å². The van der Waals surface area contributed by atoms with Gasteiger partial charge in [-0.25, -0.2) is 0 Å². The van der Waals surface area contributed by atoms with Crippen LogP contribution in [-0.2, 0) is 6.67 Å². The monoisotopic (exact) mass is 286 g/mol. The molecule has 0 amide bonds. The van der Waals surface area contributed by atoms with Crippen LogP contribution in [0, 0.1) is 0 Å². The molecule has 0 saturated carbocycles. The molecule has 0 radical (unpaired) electrons. The predicted molar refractivity (Wildman–Crippen MR) is 17.3 cm³/mol. The molecule has 0 aromatic rings. The maximum absolute atomic E-state index is 9.26. The van der Waals surface area contributed by atoms with E-state index in [2.05, 4.69) is 0 Å². The second-order valence-electron chi connectivity index (χ2n) is 0.515. The summed E-state index contributed by atoms with van der Waals surface area (Å²) in [5, 5.41) is 0. The van der Waals surface area contributed by atoms with Gasteiger partial charge in [0.15, 0.2) is 0 Å². The Morgan fingerprint density at radius 2 is 1.60 bits per heavy atom. The summed E-state index contributed by atoms with van der Waals surface area (Å²) < 4.78 is 26.1. The molecule has 3 nitrogen and oxygen atoms in total. The first-order valence-electron chi connectivity index (χ1n) is 0.752. The molecule has 0 aromatic carbocycles. The molecule has 0 saturated heterocycles. The van der Waals surface area contributed by atoms with E-state index in [0.29, 0.717) is 0 Å². The molecule has 0 aliphatic rings. The van der Waals surface area contributed by atoms with Crippen molar-refractivity contribution in [3.63, 3.8) is 0 Å². The minimum atomic E-state index is -3.50. The molecular weight excluding hydrogens is 284 g/mol. The van der Waals surface area contributed by atoms with E-state index >= 15 is 0 Å². The maximum atomic E-state index is 9.26. The Balaban J connectivity index is 4.06. The van der Waals surface area contributed by atoms with E-state index in [9.17, 15) is 8.42 Å². The van der Waals surface area contributed by atoms with Crippen LogP contribution in [0.4, 0.5) is 0 Å². The van der Waals surface area contributed by atoms with Crippen molar-refractivity contribution in [1.29, 1.82) is 0 Å². The summed E-state index contributed by atoms with van der Waals surface area (Å²) in [4.78, 5) is 0. The molecular formula is HO3STl. The van der Waals surface area contributed by atoms with Gasteiger partial charge in [-0.3, -0.25) is 0 Å². The van der Waals surface area contributed by atoms with Crippen LogP contribution in [0.15, 0.2) is 0 Å². The summed E-state index contributed by atoms with van der Waals surface area (Å²) >= 11 is -0.340. The van der Waals surface area contributed by atoms with Crippen molar-refractivity contribution in [2.24, 2.45) is 0 Å². The van der Waals surface area contributed by atoms with Crippen LogP contribution >= 0.6 is 0 Å². The third-order valence-electron chi connectivity index (χ3n) is 0. The minimum absolute atomic E-state index is 0.340. The molecule has 0 bridgehead atoms. The van der Waals surface area contributed by atoms with Gasteiger partial charge in [0.1, 0.15) is 0 Å². The van der Waals surface area contributed by atoms with Gasteiger partial charge in [0, 0.05) is 0 Å². The summed E-state index contributed by atoms with van der Waals surface area (Å²) in [5.74, 6) is 0. The first-order valence-corrected chi connectivity index (χ1v) is 7.75. The van der Waals surface area contributed by atoms with E-state index in [1.165, 1.54) is 0 Å². The molecule has 0 fully saturated rings. The molecule has 0 rings (SSSR count). The van der Waals surface area contributed by atoms with E-state index in [4.69, 9.17) is 4.55 Å². The van der Waals surface area contributed by atoms with Crippen LogP contribution in [0.1, 0.15) is 0 Å². The van der Waals surface area contributed by atoms with Crippen molar-refractivity contribution in [2.45, 2.75) is 0 Å². The standard InChI is InChI=1S/HO3S.Tl/c1-4(2)3;/h(H,1,2,3);. The Kier molecular flexibility index (Phi) is 1.77. The summed E-state index contributed by atoms with van der Waals surface area (Å²) in [5.41, 5.74) is 0. The normalized spacial score (nSPS) is 11.2. The zero-order valence-corrected chi connectivity index (χ0v) is 7.55. The third kappa shape index (κ3) is 56.0. The van der Waals surface area contributed by atoms with Crippen molar-refractivity contribution >= 4 is 30.9 Å². The van der Waals surface area contributed by atoms with Gasteiger partial charge in [-0.1, -0.05) is 0 Å². The molecule has 0 heterocycles. The van der Waals surface area contributed by atoms with Gasteiger partial charge < -0.3 is 0 Å². The van der Waals surface area contributed by atoms with Gasteiger partial charge in [0.05, 0.1) is 0 Å². The fraction of sp³-hybridized carbons (Fsp3) is 0. The molecule has 5 heavy (non-hydrogen) atoms. The SMILES string of the molecule is O=[S](=O)(O)[Tl]. The Morgan fingerprint density at radius 3 is 1.60 bits per heavy atom. The van der Waals surface area contributed by atoms with Gasteiger partial charge in [-0.15, -0.1) is 0 Å². The summed E-state index contributed by atoms with van der Waals surface area (Å²) in [6.45, 7) is -3.50. The van der Waals surface area contributed by atoms with Gasteiger partial charge in [0.25, 0.3) is 0 Å². The number of hydrogen-bond donors (Lipinski definition) is 1. The molecule has 0 unspecified atom stereocenters. The summed E-state index contributed by atoms with van der Waals surface area (Å²) in [6.07, 6.45) is 0. The van der Waals surface area contributed by atoms with Crippen molar-refractivity contribution in [3.8, 4) is 0 Å². The zero-order chi connectivity index (χ0) is 4.50. The molecule has 28 valence electrons. The fourth-order valence-corrected chi connectivity index (χ4v) is 0. The van der Waals surface area contributed by atoms with Crippen LogP contribution < -0.4 is 0 Å². The average molecular weight is 285 g/mol. The Hall–Kier alpha value is 0.832. The van der Waals surface area contributed by atoms with E-state index in [0.717, 1.165) is 0 Å². The van der Waals surface area contributed by atoms with Gasteiger partial charge >= 0.3 is 43.9 Å². The summed E-state index contributed by atoms with van der Waals surface area (Å²) in [6, 6.07) is 0. The van der Waals surface area contributed by atoms with Crippen molar-refractivity contribution in [1.82, 2.24) is 0 Å². The topological polar surface area (TPSA) is 54.4 Å². The zero-order valence-electron chi connectivity index (χ0n) is 2.25. The third-order valence-corrected chi connectivity index (χ3v) is 0. The fourth-order valence-electron chi connectivity index (χ4n) is 0. The van der Waals surface area contributed by atoms with Crippen LogP contribution in [0.3, 0.4) is 0 Å². The van der Waals surface area contributed by atoms with Crippen LogP contribution in [0.2, 0.25) is 0 Å². The first-order chi connectivity index (χ1) is 2.00. The van der Waals surface area contributed by atoms with E-state index in [1.54, 1.807) is 0 Å². The molecule has 0 spiro atoms. The van der Waals surface area contributed by atoms with Gasteiger partial charge in [-0.05, 0) is 0 Å². The molecule has 0 atom stereocenters. The van der Waals surface area contributed by atoms with Crippen molar-refractivity contribution < 1.29 is 13.0 Å². The molecule has 5 heteroatoms. The Bertz CT molecular complexity index is 90.1. The van der Waals surface area contributed by atoms with Crippen molar-refractivity contribution in [2.75, 3.05) is 0 Å². The van der Waals surface area contributed by atoms with Crippen LogP contribution in [0.25, 0.3) is 0 Å². The second-order valence-corrected chi connectivity index (χ2v) is 8.49. The molecule has 0 aromatic heterocycles. The van der Waals surface area contributed by atoms with Crippen molar-refractivity contribution in [3.05, 3.63) is 0 Å².